The molecule has 7 atom stereocenters. The fraction of sp³-hybridized carbons (Fsp3) is 0.326. The normalized spacial score (nSPS) is 23.5. The first kappa shape index (κ1) is 43.8. The Morgan fingerprint density at radius 2 is 1.81 bits per heavy atom. The number of allylic oxidation sites excluding steroid dienone is 1. The molecule has 8 N–H and O–H groups in total. The number of aryl methyl sites for hydroxylation is 2. The topological polar surface area (TPSA) is 288 Å². The average Bonchev–Trinajstić information content (AvgIpc) is 3.83. The van der Waals surface area contributed by atoms with Gasteiger partial charge in [0.15, 0.2) is 23.2 Å². The molecule has 3 aliphatic rings. The second-order valence-electron chi connectivity index (χ2n) is 15.0. The zero-order valence-corrected chi connectivity index (χ0v) is 33.2. The van der Waals surface area contributed by atoms with Gasteiger partial charge in [-0.3, -0.25) is 19.9 Å². The Bertz CT molecular complexity index is 2520. The molecule has 0 spiro atoms. The first-order chi connectivity index (χ1) is 29.6. The molecule has 3 aliphatic heterocycles. The molecule has 19 nitrogen and oxygen atoms in total. The number of phenolic OH excluding ortho intramolecular Hbond substituents is 1. The molecule has 1 saturated heterocycles. The van der Waals surface area contributed by atoms with Crippen molar-refractivity contribution in [1.82, 2.24) is 10.4 Å². The van der Waals surface area contributed by atoms with E-state index >= 15 is 0 Å². The van der Waals surface area contributed by atoms with E-state index in [1.54, 1.807) is 12.3 Å². The number of hydrogen-bond acceptors (Lipinski definition) is 18. The van der Waals surface area contributed by atoms with E-state index in [-0.39, 0.29) is 47.5 Å². The summed E-state index contributed by atoms with van der Waals surface area (Å²) in [6.45, 7) is 0.662. The minimum absolute atomic E-state index is 0.00441. The molecule has 3 aromatic carbocycles. The predicted molar refractivity (Wildman–Crippen MR) is 216 cm³/mol. The smallest absolute Gasteiger partial charge is 0.337 e. The molecule has 0 saturated carbocycles. The van der Waals surface area contributed by atoms with Gasteiger partial charge < -0.3 is 59.2 Å². The van der Waals surface area contributed by atoms with E-state index in [9.17, 15) is 54.9 Å². The van der Waals surface area contributed by atoms with Crippen LogP contribution in [-0.4, -0.2) is 134 Å². The van der Waals surface area contributed by atoms with Crippen LogP contribution in [0.2, 0.25) is 0 Å². The quantitative estimate of drug-likeness (QED) is 0.0254. The summed E-state index contributed by atoms with van der Waals surface area (Å²) in [6.07, 6.45) is -3.97. The molecular formula is C43H43N3O16. The van der Waals surface area contributed by atoms with Gasteiger partial charge in [-0.1, -0.05) is 29.3 Å². The van der Waals surface area contributed by atoms with Crippen molar-refractivity contribution in [1.29, 1.82) is 0 Å². The molecule has 0 radical (unpaired) electrons. The third kappa shape index (κ3) is 8.35. The van der Waals surface area contributed by atoms with Crippen LogP contribution in [0, 0.1) is 13.8 Å². The van der Waals surface area contributed by atoms with Crippen LogP contribution < -0.4 is 15.5 Å². The van der Waals surface area contributed by atoms with E-state index in [0.29, 0.717) is 34.4 Å². The van der Waals surface area contributed by atoms with Crippen molar-refractivity contribution in [2.24, 2.45) is 4.99 Å². The number of hydrogen-bond donors (Lipinski definition) is 8. The Labute approximate surface area is 351 Å². The monoisotopic (exact) mass is 857 g/mol. The molecule has 62 heavy (non-hydrogen) atoms. The van der Waals surface area contributed by atoms with E-state index < -0.39 is 72.6 Å². The third-order valence-corrected chi connectivity index (χ3v) is 10.6. The highest BCUT2D eigenvalue weighted by atomic mass is 16.8. The van der Waals surface area contributed by atoms with Crippen LogP contribution in [0.4, 0.5) is 0 Å². The Morgan fingerprint density at radius 1 is 1.08 bits per heavy atom. The molecule has 0 amide bonds. The van der Waals surface area contributed by atoms with Gasteiger partial charge in [0.05, 0.1) is 35.5 Å². The number of carbonyl (C=O) groups excluding carboxylic acids is 2. The number of carboxylic acid groups (broad SMARTS) is 1. The number of aliphatic imine (C=N–C) groups is 1. The molecule has 19 heteroatoms. The van der Waals surface area contributed by atoms with Crippen molar-refractivity contribution in [2.75, 3.05) is 26.3 Å². The highest BCUT2D eigenvalue weighted by Crippen LogP contribution is 2.43. The van der Waals surface area contributed by atoms with Gasteiger partial charge in [0.1, 0.15) is 42.3 Å². The van der Waals surface area contributed by atoms with Gasteiger partial charge in [0, 0.05) is 36.4 Å². The molecule has 1 fully saturated rings. The number of rotatable bonds is 16. The predicted octanol–water partition coefficient (Wildman–Crippen LogP) is 0.822. The number of hydroxylamine groups is 2. The first-order valence-corrected chi connectivity index (χ1v) is 19.3. The number of aromatic hydroxyl groups is 1. The van der Waals surface area contributed by atoms with Crippen LogP contribution in [0.25, 0.3) is 27.8 Å². The summed E-state index contributed by atoms with van der Waals surface area (Å²) in [5.74, 6) is -6.91. The van der Waals surface area contributed by atoms with Gasteiger partial charge in [0.25, 0.3) is 5.79 Å². The van der Waals surface area contributed by atoms with Gasteiger partial charge in [0.2, 0.25) is 12.3 Å². The van der Waals surface area contributed by atoms with Crippen molar-refractivity contribution in [3.63, 3.8) is 0 Å². The minimum atomic E-state index is -3.33. The maximum absolute atomic E-state index is 13.6. The maximum atomic E-state index is 13.6. The third-order valence-electron chi connectivity index (χ3n) is 10.6. The number of nitrogens with zero attached hydrogens (tertiary/aromatic N) is 2. The molecule has 326 valence electrons. The lowest BCUT2D eigenvalue weighted by molar-refractivity contribution is -0.396. The van der Waals surface area contributed by atoms with Crippen molar-refractivity contribution >= 4 is 41.1 Å². The number of benzene rings is 3. The lowest BCUT2D eigenvalue weighted by atomic mass is 9.81. The van der Waals surface area contributed by atoms with Crippen LogP contribution in [0.5, 0.6) is 11.5 Å². The second-order valence-corrected chi connectivity index (χ2v) is 15.0. The number of aliphatic hydroxyl groups is 5. The summed E-state index contributed by atoms with van der Waals surface area (Å²) >= 11 is 0. The zero-order chi connectivity index (χ0) is 44.5. The zero-order valence-electron chi connectivity index (χ0n) is 33.2. The molecule has 7 rings (SSSR count). The summed E-state index contributed by atoms with van der Waals surface area (Å²) in [5.41, 5.74) is 1.48. The second kappa shape index (κ2) is 17.6. The minimum Gasteiger partial charge on any atom is -0.508 e. The van der Waals surface area contributed by atoms with E-state index in [4.69, 9.17) is 23.5 Å². The highest BCUT2D eigenvalue weighted by Gasteiger charge is 2.64. The maximum Gasteiger partial charge on any atom is 0.337 e. The number of aldehydes is 1. The summed E-state index contributed by atoms with van der Waals surface area (Å²) < 4.78 is 23.2. The number of ether oxygens (including phenoxy) is 3. The van der Waals surface area contributed by atoms with Crippen molar-refractivity contribution in [2.45, 2.75) is 62.3 Å². The Hall–Kier alpha value is -6.29. The fourth-order valence-electron chi connectivity index (χ4n) is 7.53. The average molecular weight is 858 g/mol. The van der Waals surface area contributed by atoms with Gasteiger partial charge in [-0.05, 0) is 61.9 Å². The van der Waals surface area contributed by atoms with Crippen LogP contribution >= 0.6 is 0 Å². The van der Waals surface area contributed by atoms with Crippen molar-refractivity contribution in [3.8, 4) is 22.6 Å². The summed E-state index contributed by atoms with van der Waals surface area (Å²) in [6, 6.07) is 13.4. The number of esters is 1. The van der Waals surface area contributed by atoms with Crippen LogP contribution in [-0.2, 0) is 28.7 Å². The van der Waals surface area contributed by atoms with Crippen LogP contribution in [0.1, 0.15) is 23.1 Å². The van der Waals surface area contributed by atoms with Gasteiger partial charge in [-0.2, -0.15) is 0 Å². The van der Waals surface area contributed by atoms with E-state index in [1.165, 1.54) is 53.8 Å². The number of aliphatic hydroxyl groups excluding tert-OH is 3. The first-order valence-electron chi connectivity index (χ1n) is 19.3. The Balaban J connectivity index is 1.28. The molecule has 4 heterocycles. The molecule has 0 bridgehead atoms. The molecular weight excluding hydrogens is 814 g/mol. The van der Waals surface area contributed by atoms with Gasteiger partial charge >= 0.3 is 11.9 Å². The summed E-state index contributed by atoms with van der Waals surface area (Å²) in [4.78, 5) is 60.5. The van der Waals surface area contributed by atoms with Crippen LogP contribution in [0.15, 0.2) is 98.5 Å². The van der Waals surface area contributed by atoms with E-state index in [2.05, 4.69) is 10.3 Å². The number of carboxylic acids is 1. The Morgan fingerprint density at radius 3 is 2.47 bits per heavy atom. The summed E-state index contributed by atoms with van der Waals surface area (Å²) in [5, 5.41) is 80.3. The SMILES string of the molecule is Cc1cc(C)cc(C2=C3N=CC=C3CN2OC2C(Oc3ccc4c(=O)c(-c5ccc(O)cc5)coc4c3)OC(C(O)(CO)OC(=O)C(NCCC=O)C(=O)O)C(O)C2(O)CO)c1. The summed E-state index contributed by atoms with van der Waals surface area (Å²) in [7, 11) is 0. The number of fused-ring (bicyclic) bond motifs is 2. The number of carbonyl (C=O) groups is 3. The van der Waals surface area contributed by atoms with Gasteiger partial charge in [-0.25, -0.2) is 14.7 Å². The number of nitrogens with one attached hydrogen (secondary N) is 1. The van der Waals surface area contributed by atoms with E-state index in [1.807, 2.05) is 32.0 Å². The largest absolute Gasteiger partial charge is 0.508 e. The molecule has 7 unspecified atom stereocenters. The fourth-order valence-corrected chi connectivity index (χ4v) is 7.53. The van der Waals surface area contributed by atoms with Crippen molar-refractivity contribution < 1.29 is 73.6 Å². The van der Waals surface area contributed by atoms with Crippen molar-refractivity contribution in [3.05, 3.63) is 111 Å². The molecule has 1 aromatic heterocycles. The lowest BCUT2D eigenvalue weighted by Crippen LogP contribution is -2.75. The number of aliphatic carboxylic acids is 1. The Kier molecular flexibility index (Phi) is 12.4. The number of phenols is 1. The molecule has 4 aromatic rings. The highest BCUT2D eigenvalue weighted by molar-refractivity contribution is 5.98. The standard InChI is InChI=1S/C43H43N3O16/c1-22-14-23(2)16-26(15-22)34-32-25(10-12-45-32)18-46(34)62-38-41(59-28-8-9-29-31(17-28)58-19-30(35(29)51)24-4-6-27(50)7-5-24)60-37(36(52)42(38,56)20-48)43(57,21-49)61-40(55)33(39(53)54)44-11-3-13-47/h4-10,12-17,19,33,36-38,41,44,48-50,52,56-57H,3,11,18,20-21H2,1-2H3,(H,53,54). The molecule has 0 aliphatic carbocycles. The lowest BCUT2D eigenvalue weighted by Gasteiger charge is -2.52. The van der Waals surface area contributed by atoms with E-state index in [0.717, 1.165) is 11.1 Å². The van der Waals surface area contributed by atoms with Crippen LogP contribution in [0.3, 0.4) is 0 Å². The van der Waals surface area contributed by atoms with Gasteiger partial charge in [-0.15, -0.1) is 0 Å².